The topological polar surface area (TPSA) is 89.2 Å². The fraction of sp³-hybridized carbons (Fsp3) is 0.333. The van der Waals surface area contributed by atoms with Crippen LogP contribution in [0.1, 0.15) is 54.1 Å². The lowest BCUT2D eigenvalue weighted by Crippen LogP contribution is -2.55. The van der Waals surface area contributed by atoms with E-state index >= 15 is 0 Å². The minimum Gasteiger partial charge on any atom is -0.493 e. The van der Waals surface area contributed by atoms with Crippen LogP contribution >= 0.6 is 23.2 Å². The van der Waals surface area contributed by atoms with Gasteiger partial charge in [0.2, 0.25) is 5.91 Å². The van der Waals surface area contributed by atoms with Crippen LogP contribution in [0.2, 0.25) is 10.0 Å². The predicted molar refractivity (Wildman–Crippen MR) is 165 cm³/mol. The Morgan fingerprint density at radius 2 is 1.51 bits per heavy atom. The van der Waals surface area contributed by atoms with E-state index in [2.05, 4.69) is 6.07 Å². The Morgan fingerprint density at radius 3 is 2.09 bits per heavy atom. The first-order chi connectivity index (χ1) is 20.9. The average molecular weight is 617 g/mol. The summed E-state index contributed by atoms with van der Waals surface area (Å²) >= 11 is 12.5. The summed E-state index contributed by atoms with van der Waals surface area (Å²) in [6.07, 6.45) is 1.90. The molecule has 0 N–H and O–H groups in total. The fourth-order valence-corrected chi connectivity index (χ4v) is 6.02. The molecule has 2 atom stereocenters. The minimum atomic E-state index is -0.503. The summed E-state index contributed by atoms with van der Waals surface area (Å²) < 4.78 is 5.98. The molecule has 2 aliphatic heterocycles. The zero-order valence-corrected chi connectivity index (χ0v) is 25.3. The number of aliphatic imine (C=N–C) groups is 1. The molecule has 0 aromatic heterocycles. The van der Waals surface area contributed by atoms with Crippen molar-refractivity contribution in [1.29, 1.82) is 5.26 Å². The van der Waals surface area contributed by atoms with Gasteiger partial charge in [-0.3, -0.25) is 14.7 Å². The largest absolute Gasteiger partial charge is 0.493 e. The van der Waals surface area contributed by atoms with Crippen LogP contribution in [-0.4, -0.2) is 65.3 Å². The molecule has 2 heterocycles. The van der Waals surface area contributed by atoms with E-state index in [9.17, 15) is 14.9 Å². The predicted octanol–water partition coefficient (Wildman–Crippen LogP) is 6.48. The van der Waals surface area contributed by atoms with Gasteiger partial charge in [0.15, 0.2) is 0 Å². The zero-order chi connectivity index (χ0) is 30.1. The quantitative estimate of drug-likeness (QED) is 0.317. The molecule has 3 aromatic carbocycles. The lowest BCUT2D eigenvalue weighted by molar-refractivity contribution is -0.134. The van der Waals surface area contributed by atoms with Crippen LogP contribution in [0.4, 0.5) is 4.79 Å². The van der Waals surface area contributed by atoms with Crippen LogP contribution in [0.5, 0.6) is 5.75 Å². The Labute approximate surface area is 261 Å². The van der Waals surface area contributed by atoms with Gasteiger partial charge in [0.1, 0.15) is 17.6 Å². The van der Waals surface area contributed by atoms with Gasteiger partial charge in [0.25, 0.3) is 0 Å². The van der Waals surface area contributed by atoms with Crippen molar-refractivity contribution in [3.05, 3.63) is 99.0 Å². The van der Waals surface area contributed by atoms with Crippen molar-refractivity contribution in [3.63, 3.8) is 0 Å². The number of nitriles is 1. The molecule has 8 nitrogen and oxygen atoms in total. The smallest absolute Gasteiger partial charge is 0.326 e. The van der Waals surface area contributed by atoms with Crippen LogP contribution in [-0.2, 0) is 4.79 Å². The Balaban J connectivity index is 1.44. The summed E-state index contributed by atoms with van der Waals surface area (Å²) in [7, 11) is 0. The van der Waals surface area contributed by atoms with E-state index in [1.165, 1.54) is 0 Å². The van der Waals surface area contributed by atoms with Gasteiger partial charge in [-0.25, -0.2) is 4.79 Å². The maximum absolute atomic E-state index is 14.6. The van der Waals surface area contributed by atoms with Crippen molar-refractivity contribution in [1.82, 2.24) is 14.7 Å². The number of hydrogen-bond acceptors (Lipinski definition) is 5. The highest BCUT2D eigenvalue weighted by Crippen LogP contribution is 2.45. The van der Waals surface area contributed by atoms with Crippen LogP contribution in [0.3, 0.4) is 0 Å². The number of rotatable bonds is 6. The van der Waals surface area contributed by atoms with Crippen LogP contribution in [0.15, 0.2) is 71.7 Å². The molecule has 1 aliphatic carbocycles. The molecule has 1 saturated carbocycles. The van der Waals surface area contributed by atoms with Crippen molar-refractivity contribution >= 4 is 41.0 Å². The third kappa shape index (κ3) is 5.93. The van der Waals surface area contributed by atoms with Crippen molar-refractivity contribution in [3.8, 4) is 11.8 Å². The van der Waals surface area contributed by atoms with E-state index in [1.807, 2.05) is 60.4 Å². The van der Waals surface area contributed by atoms with E-state index in [-0.39, 0.29) is 17.9 Å². The second kappa shape index (κ2) is 12.3. The SMILES string of the molecule is CCOc1cc(C#N)ccc1C1=N[C@@H](c2ccc(Cl)cc2)[C@@H](c2ccc(Cl)cc2)N1C(=O)N1CCN(C(=O)C2CC2)CC1. The second-order valence-electron chi connectivity index (χ2n) is 10.9. The molecule has 3 aromatic rings. The normalized spacial score (nSPS) is 20.0. The molecule has 220 valence electrons. The molecule has 6 rings (SSSR count). The number of ether oxygens (including phenoxy) is 1. The highest BCUT2D eigenvalue weighted by atomic mass is 35.5. The summed E-state index contributed by atoms with van der Waals surface area (Å²) in [6, 6.07) is 21.1. The first kappa shape index (κ1) is 29.0. The van der Waals surface area contributed by atoms with E-state index in [0.29, 0.717) is 65.5 Å². The van der Waals surface area contributed by atoms with Gasteiger partial charge in [0.05, 0.1) is 29.8 Å². The number of nitrogens with zero attached hydrogens (tertiary/aromatic N) is 5. The number of benzene rings is 3. The molecule has 43 heavy (non-hydrogen) atoms. The zero-order valence-electron chi connectivity index (χ0n) is 23.7. The van der Waals surface area contributed by atoms with Gasteiger partial charge in [0, 0.05) is 42.1 Å². The van der Waals surface area contributed by atoms with Crippen molar-refractivity contribution < 1.29 is 14.3 Å². The molecule has 3 aliphatic rings. The molecular weight excluding hydrogens is 585 g/mol. The van der Waals surface area contributed by atoms with Crippen LogP contribution < -0.4 is 4.74 Å². The number of halogens is 2. The summed E-state index contributed by atoms with van der Waals surface area (Å²) in [4.78, 5) is 37.9. The van der Waals surface area contributed by atoms with E-state index in [1.54, 1.807) is 28.0 Å². The summed E-state index contributed by atoms with van der Waals surface area (Å²) in [5.74, 6) is 1.26. The van der Waals surface area contributed by atoms with Crippen molar-refractivity contribution in [2.75, 3.05) is 32.8 Å². The monoisotopic (exact) mass is 615 g/mol. The van der Waals surface area contributed by atoms with Gasteiger partial charge in [-0.1, -0.05) is 47.5 Å². The summed E-state index contributed by atoms with van der Waals surface area (Å²) in [6.45, 7) is 4.08. The maximum Gasteiger partial charge on any atom is 0.326 e. The second-order valence-corrected chi connectivity index (χ2v) is 11.8. The number of piperazine rings is 1. The standard InChI is InChI=1S/C33H31Cl2N5O3/c1-2-43-28-19-21(20-36)3-14-27(28)31-37-29(22-6-10-25(34)11-7-22)30(23-8-12-26(35)13-9-23)40(31)33(42)39-17-15-38(16-18-39)32(41)24-4-5-24/h3,6-14,19,24,29-30H,2,4-5,15-18H2,1H3/t29-,30+/m0/s1. The van der Waals surface area contributed by atoms with Crippen LogP contribution in [0, 0.1) is 17.2 Å². The number of hydrogen-bond donors (Lipinski definition) is 0. The Bertz CT molecular complexity index is 1590. The molecule has 0 unspecified atom stereocenters. The first-order valence-electron chi connectivity index (χ1n) is 14.5. The number of carbonyl (C=O) groups is 2. The van der Waals surface area contributed by atoms with Gasteiger partial charge in [-0.15, -0.1) is 0 Å². The molecule has 3 amide bonds. The van der Waals surface area contributed by atoms with E-state index in [0.717, 1.165) is 24.0 Å². The molecular formula is C33H31Cl2N5O3. The highest BCUT2D eigenvalue weighted by Gasteiger charge is 2.45. The number of amidine groups is 1. The lowest BCUT2D eigenvalue weighted by Gasteiger charge is -2.39. The Hall–Kier alpha value is -4.06. The number of urea groups is 1. The minimum absolute atomic E-state index is 0.141. The lowest BCUT2D eigenvalue weighted by atomic mass is 9.93. The summed E-state index contributed by atoms with van der Waals surface area (Å²) in [5.41, 5.74) is 2.82. The average Bonchev–Trinajstić information content (AvgIpc) is 3.81. The van der Waals surface area contributed by atoms with E-state index in [4.69, 9.17) is 32.9 Å². The summed E-state index contributed by atoms with van der Waals surface area (Å²) in [5, 5.41) is 10.8. The van der Waals surface area contributed by atoms with Gasteiger partial charge in [-0.05, 0) is 73.4 Å². The first-order valence-corrected chi connectivity index (χ1v) is 15.3. The molecule has 0 radical (unpaired) electrons. The number of amides is 3. The van der Waals surface area contributed by atoms with Crippen molar-refractivity contribution in [2.45, 2.75) is 31.8 Å². The molecule has 2 fully saturated rings. The van der Waals surface area contributed by atoms with Gasteiger partial charge >= 0.3 is 6.03 Å². The molecule has 1 saturated heterocycles. The van der Waals surface area contributed by atoms with Gasteiger partial charge in [-0.2, -0.15) is 5.26 Å². The third-order valence-corrected chi connectivity index (χ3v) is 8.64. The molecule has 0 bridgehead atoms. The van der Waals surface area contributed by atoms with E-state index < -0.39 is 12.1 Å². The molecule has 10 heteroatoms. The maximum atomic E-state index is 14.6. The number of carbonyl (C=O) groups excluding carboxylic acids is 2. The Kier molecular flexibility index (Phi) is 8.29. The highest BCUT2D eigenvalue weighted by molar-refractivity contribution is 6.30. The van der Waals surface area contributed by atoms with Crippen molar-refractivity contribution in [2.24, 2.45) is 10.9 Å². The third-order valence-electron chi connectivity index (χ3n) is 8.14. The fourth-order valence-electron chi connectivity index (χ4n) is 5.76. The van der Waals surface area contributed by atoms with Crippen LogP contribution in [0.25, 0.3) is 0 Å². The Morgan fingerprint density at radius 1 is 0.907 bits per heavy atom. The molecule has 0 spiro atoms. The van der Waals surface area contributed by atoms with Gasteiger partial charge < -0.3 is 14.5 Å².